The fourth-order valence-corrected chi connectivity index (χ4v) is 9.42. The smallest absolute Gasteiger partial charge is 0.362 e. The number of ether oxygens (including phenoxy) is 3. The summed E-state index contributed by atoms with van der Waals surface area (Å²) >= 11 is 0. The Hall–Kier alpha value is -2.19. The molecule has 2 unspecified atom stereocenters. The van der Waals surface area contributed by atoms with Gasteiger partial charge in [-0.2, -0.15) is 0 Å². The van der Waals surface area contributed by atoms with Crippen molar-refractivity contribution in [3.05, 3.63) is 24.3 Å². The van der Waals surface area contributed by atoms with Crippen LogP contribution in [0, 0.1) is 0 Å². The first-order chi connectivity index (χ1) is 34.1. The van der Waals surface area contributed by atoms with Crippen LogP contribution in [-0.2, 0) is 28.6 Å². The summed E-state index contributed by atoms with van der Waals surface area (Å²) < 4.78 is 17.4. The van der Waals surface area contributed by atoms with E-state index in [9.17, 15) is 19.5 Å². The van der Waals surface area contributed by atoms with Gasteiger partial charge in [-0.25, -0.2) is 4.79 Å². The number of carbonyl (C=O) groups is 3. The zero-order valence-electron chi connectivity index (χ0n) is 47.2. The van der Waals surface area contributed by atoms with Crippen molar-refractivity contribution in [2.75, 3.05) is 41.0 Å². The molecule has 0 amide bonds. The molecule has 8 nitrogen and oxygen atoms in total. The lowest BCUT2D eigenvalue weighted by Crippen LogP contribution is -2.50. The summed E-state index contributed by atoms with van der Waals surface area (Å²) in [6.45, 7) is 4.79. The maximum absolute atomic E-state index is 12.9. The van der Waals surface area contributed by atoms with E-state index >= 15 is 0 Å². The molecule has 0 rings (SSSR count). The molecule has 412 valence electrons. The molecule has 0 aromatic heterocycles. The van der Waals surface area contributed by atoms with Gasteiger partial charge in [0.25, 0.3) is 0 Å². The first-order valence-electron chi connectivity index (χ1n) is 30.4. The van der Waals surface area contributed by atoms with Crippen LogP contribution < -0.4 is 0 Å². The van der Waals surface area contributed by atoms with Crippen LogP contribution in [0.5, 0.6) is 0 Å². The lowest BCUT2D eigenvalue weighted by atomic mass is 10.0. The van der Waals surface area contributed by atoms with Crippen LogP contribution in [0.1, 0.15) is 303 Å². The molecule has 0 saturated heterocycles. The Labute approximate surface area is 434 Å². The molecule has 2 atom stereocenters. The number of rotatable bonds is 56. The molecule has 0 aliphatic carbocycles. The molecule has 0 saturated carbocycles. The summed E-state index contributed by atoms with van der Waals surface area (Å²) in [7, 11) is 5.56. The average Bonchev–Trinajstić information content (AvgIpc) is 3.33. The number of hydrogen-bond acceptors (Lipinski definition) is 6. The Kier molecular flexibility index (Phi) is 51.5. The monoisotopic (exact) mass is 989 g/mol. The maximum Gasteiger partial charge on any atom is 0.362 e. The number of hydrogen-bond donors (Lipinski definition) is 1. The fraction of sp³-hybridized carbons (Fsp3) is 0.887. The lowest BCUT2D eigenvalue weighted by Gasteiger charge is -2.31. The average molecular weight is 990 g/mol. The Morgan fingerprint density at radius 2 is 0.757 bits per heavy atom. The SMILES string of the molecule is CCCCCCC/C=C\C/C=C\CCCCCCCCCCCCCC(=O)OC(COCCC(C(=O)O)[N+](C)(C)C)COC(=O)CCCCCCCCCCCCCCCCCCCCCCCCC. The molecule has 70 heavy (non-hydrogen) atoms. The third kappa shape index (κ3) is 50.7. The minimum Gasteiger partial charge on any atom is -0.477 e. The van der Waals surface area contributed by atoms with Crippen LogP contribution in [0.15, 0.2) is 24.3 Å². The number of quaternary nitrogens is 1. The summed E-state index contributed by atoms with van der Waals surface area (Å²) in [5, 5.41) is 9.69. The maximum atomic E-state index is 12.9. The van der Waals surface area contributed by atoms with Crippen molar-refractivity contribution in [2.45, 2.75) is 315 Å². The van der Waals surface area contributed by atoms with Gasteiger partial charge in [0.1, 0.15) is 6.61 Å². The number of carboxylic acids is 1. The third-order valence-electron chi connectivity index (χ3n) is 14.1. The Balaban J connectivity index is 4.10. The zero-order chi connectivity index (χ0) is 51.3. The fourth-order valence-electron chi connectivity index (χ4n) is 9.42. The van der Waals surface area contributed by atoms with Crippen LogP contribution >= 0.6 is 0 Å². The van der Waals surface area contributed by atoms with Crippen LogP contribution in [-0.4, -0.2) is 80.6 Å². The van der Waals surface area contributed by atoms with Crippen LogP contribution in [0.2, 0.25) is 0 Å². The second-order valence-corrected chi connectivity index (χ2v) is 22.0. The molecule has 0 radical (unpaired) electrons. The van der Waals surface area contributed by atoms with Crippen LogP contribution in [0.25, 0.3) is 0 Å². The molecule has 0 spiro atoms. The van der Waals surface area contributed by atoms with Crippen molar-refractivity contribution in [1.29, 1.82) is 0 Å². The van der Waals surface area contributed by atoms with E-state index in [0.29, 0.717) is 19.3 Å². The molecular formula is C62H118NO7+. The van der Waals surface area contributed by atoms with E-state index < -0.39 is 18.1 Å². The first-order valence-corrected chi connectivity index (χ1v) is 30.4. The van der Waals surface area contributed by atoms with E-state index in [1.165, 1.54) is 225 Å². The number of nitrogens with zero attached hydrogens (tertiary/aromatic N) is 1. The van der Waals surface area contributed by atoms with E-state index in [-0.39, 0.29) is 36.2 Å². The van der Waals surface area contributed by atoms with Gasteiger partial charge in [-0.15, -0.1) is 0 Å². The van der Waals surface area contributed by atoms with Crippen molar-refractivity contribution in [3.8, 4) is 0 Å². The molecule has 8 heteroatoms. The number of carboxylic acid groups (broad SMARTS) is 1. The van der Waals surface area contributed by atoms with E-state index in [1.54, 1.807) is 0 Å². The Morgan fingerprint density at radius 3 is 1.10 bits per heavy atom. The molecule has 0 fully saturated rings. The number of aliphatic carboxylic acids is 1. The van der Waals surface area contributed by atoms with Gasteiger partial charge in [0.2, 0.25) is 0 Å². The second kappa shape index (κ2) is 53.1. The topological polar surface area (TPSA) is 99.1 Å². The molecule has 0 heterocycles. The second-order valence-electron chi connectivity index (χ2n) is 22.0. The molecule has 1 N–H and O–H groups in total. The largest absolute Gasteiger partial charge is 0.477 e. The van der Waals surface area contributed by atoms with Crippen molar-refractivity contribution < 1.29 is 38.2 Å². The van der Waals surface area contributed by atoms with E-state index in [0.717, 1.165) is 44.9 Å². The third-order valence-corrected chi connectivity index (χ3v) is 14.1. The van der Waals surface area contributed by atoms with Crippen molar-refractivity contribution >= 4 is 17.9 Å². The summed E-state index contributed by atoms with van der Waals surface area (Å²) in [6.07, 6.45) is 63.9. The normalized spacial score (nSPS) is 12.9. The lowest BCUT2D eigenvalue weighted by molar-refractivity contribution is -0.887. The van der Waals surface area contributed by atoms with Crippen molar-refractivity contribution in [2.24, 2.45) is 0 Å². The number of esters is 2. The first kappa shape index (κ1) is 67.8. The Bertz CT molecular complexity index is 1200. The molecular weight excluding hydrogens is 871 g/mol. The van der Waals surface area contributed by atoms with E-state index in [4.69, 9.17) is 14.2 Å². The summed E-state index contributed by atoms with van der Waals surface area (Å²) in [5.74, 6) is -1.44. The predicted molar refractivity (Wildman–Crippen MR) is 299 cm³/mol. The highest BCUT2D eigenvalue weighted by atomic mass is 16.6. The van der Waals surface area contributed by atoms with Gasteiger partial charge < -0.3 is 23.8 Å². The summed E-state index contributed by atoms with van der Waals surface area (Å²) in [6, 6.07) is -0.613. The van der Waals surface area contributed by atoms with Crippen LogP contribution in [0.4, 0.5) is 0 Å². The van der Waals surface area contributed by atoms with Gasteiger partial charge in [0.15, 0.2) is 12.1 Å². The van der Waals surface area contributed by atoms with Crippen LogP contribution in [0.3, 0.4) is 0 Å². The van der Waals surface area contributed by atoms with Crippen molar-refractivity contribution in [1.82, 2.24) is 0 Å². The van der Waals surface area contributed by atoms with Gasteiger partial charge in [-0.05, 0) is 44.9 Å². The predicted octanol–water partition coefficient (Wildman–Crippen LogP) is 18.3. The van der Waals surface area contributed by atoms with Gasteiger partial charge in [-0.1, -0.05) is 263 Å². The Morgan fingerprint density at radius 1 is 0.429 bits per heavy atom. The molecule has 0 aromatic carbocycles. The quantitative estimate of drug-likeness (QED) is 0.0280. The van der Waals surface area contributed by atoms with Crippen molar-refractivity contribution in [3.63, 3.8) is 0 Å². The molecule has 0 bridgehead atoms. The number of unbranched alkanes of at least 4 members (excludes halogenated alkanes) is 38. The van der Waals surface area contributed by atoms with E-state index in [1.807, 2.05) is 21.1 Å². The van der Waals surface area contributed by atoms with Gasteiger partial charge in [0, 0.05) is 19.3 Å². The standard InChI is InChI=1S/C62H117NO7/c1-6-8-10-12-14-16-18-20-22-24-26-28-30-32-34-36-38-40-42-44-46-48-50-52-60(64)69-57-58(56-68-55-54-59(62(66)67)63(3,4)5)70-61(65)53-51-49-47-45-43-41-39-37-35-33-31-29-27-25-23-21-19-17-15-13-11-9-7-2/h19,21,25,27,58-59H,6-18,20,22-24,26,28-57H2,1-5H3/p+1/b21-19-,27-25-. The molecule has 0 aliphatic rings. The zero-order valence-corrected chi connectivity index (χ0v) is 47.2. The molecule has 0 aromatic rings. The van der Waals surface area contributed by atoms with Gasteiger partial charge >= 0.3 is 17.9 Å². The minimum atomic E-state index is -0.870. The summed E-state index contributed by atoms with van der Waals surface area (Å²) in [4.78, 5) is 37.3. The highest BCUT2D eigenvalue weighted by Gasteiger charge is 2.31. The highest BCUT2D eigenvalue weighted by molar-refractivity contribution is 5.72. The number of likely N-dealkylation sites (N-methyl/N-ethyl adjacent to an activating group) is 1. The number of allylic oxidation sites excluding steroid dienone is 4. The highest BCUT2D eigenvalue weighted by Crippen LogP contribution is 2.18. The van der Waals surface area contributed by atoms with Gasteiger partial charge in [0.05, 0.1) is 34.4 Å². The number of carbonyl (C=O) groups excluding carboxylic acids is 2. The minimum absolute atomic E-state index is 0.0457. The van der Waals surface area contributed by atoms with Gasteiger partial charge in [-0.3, -0.25) is 9.59 Å². The summed E-state index contributed by atoms with van der Waals surface area (Å²) in [5.41, 5.74) is 0. The molecule has 0 aliphatic heterocycles. The van der Waals surface area contributed by atoms with E-state index in [2.05, 4.69) is 38.2 Å².